The maximum Gasteiger partial charge on any atom is 0.0576 e. The van der Waals surface area contributed by atoms with Gasteiger partial charge in [-0.25, -0.2) is 0 Å². The maximum absolute atomic E-state index is 5.67. The lowest BCUT2D eigenvalue weighted by Crippen LogP contribution is -2.27. The minimum absolute atomic E-state index is 0.510. The number of pyridine rings is 1. The van der Waals surface area contributed by atoms with Gasteiger partial charge in [0.15, 0.2) is 0 Å². The summed E-state index contributed by atoms with van der Waals surface area (Å²) in [5, 5.41) is 3.41. The van der Waals surface area contributed by atoms with E-state index in [-0.39, 0.29) is 0 Å². The zero-order valence-electron chi connectivity index (χ0n) is 11.3. The van der Waals surface area contributed by atoms with Gasteiger partial charge in [-0.15, -0.1) is 0 Å². The van der Waals surface area contributed by atoms with Crippen molar-refractivity contribution in [3.8, 4) is 0 Å². The van der Waals surface area contributed by atoms with Crippen molar-refractivity contribution in [1.29, 1.82) is 0 Å². The summed E-state index contributed by atoms with van der Waals surface area (Å²) in [5.74, 6) is 0. The Bertz CT molecular complexity index is 323. The molecule has 3 heteroatoms. The Hall–Kier alpha value is -0.930. The van der Waals surface area contributed by atoms with E-state index in [2.05, 4.69) is 29.5 Å². The SMILES string of the molecule is CNC(CCc1ccccn1)CCC1CCCO1. The highest BCUT2D eigenvalue weighted by Gasteiger charge is 2.17. The third-order valence-corrected chi connectivity index (χ3v) is 3.74. The first-order chi connectivity index (χ1) is 8.88. The van der Waals surface area contributed by atoms with Crippen LogP contribution in [0.15, 0.2) is 24.4 Å². The van der Waals surface area contributed by atoms with Crippen molar-refractivity contribution < 1.29 is 4.74 Å². The number of ether oxygens (including phenoxy) is 1. The molecule has 3 nitrogen and oxygen atoms in total. The van der Waals surface area contributed by atoms with Crippen LogP contribution in [-0.4, -0.2) is 30.8 Å². The van der Waals surface area contributed by atoms with Gasteiger partial charge in [0, 0.05) is 24.5 Å². The van der Waals surface area contributed by atoms with E-state index in [4.69, 9.17) is 4.74 Å². The van der Waals surface area contributed by atoms with Crippen molar-refractivity contribution in [2.75, 3.05) is 13.7 Å². The number of aromatic nitrogens is 1. The smallest absolute Gasteiger partial charge is 0.0576 e. The second-order valence-electron chi connectivity index (χ2n) is 5.06. The maximum atomic E-state index is 5.67. The average Bonchev–Trinajstić information content (AvgIpc) is 2.93. The van der Waals surface area contributed by atoms with E-state index in [0.717, 1.165) is 19.4 Å². The van der Waals surface area contributed by atoms with Crippen LogP contribution in [0.2, 0.25) is 0 Å². The molecule has 2 rings (SSSR count). The van der Waals surface area contributed by atoms with E-state index in [0.29, 0.717) is 12.1 Å². The first kappa shape index (κ1) is 13.5. The largest absolute Gasteiger partial charge is 0.378 e. The van der Waals surface area contributed by atoms with Gasteiger partial charge in [-0.3, -0.25) is 4.98 Å². The highest BCUT2D eigenvalue weighted by atomic mass is 16.5. The molecule has 2 atom stereocenters. The van der Waals surface area contributed by atoms with Crippen molar-refractivity contribution in [3.63, 3.8) is 0 Å². The van der Waals surface area contributed by atoms with Gasteiger partial charge >= 0.3 is 0 Å². The molecule has 0 bridgehead atoms. The zero-order valence-corrected chi connectivity index (χ0v) is 11.3. The number of nitrogens with one attached hydrogen (secondary N) is 1. The van der Waals surface area contributed by atoms with E-state index in [1.807, 2.05) is 12.3 Å². The van der Waals surface area contributed by atoms with Gasteiger partial charge < -0.3 is 10.1 Å². The Kier molecular flexibility index (Phi) is 5.62. The van der Waals surface area contributed by atoms with Gasteiger partial charge in [0.05, 0.1) is 6.10 Å². The van der Waals surface area contributed by atoms with Crippen molar-refractivity contribution in [2.24, 2.45) is 0 Å². The topological polar surface area (TPSA) is 34.2 Å². The number of nitrogens with zero attached hydrogens (tertiary/aromatic N) is 1. The molecule has 0 saturated carbocycles. The third-order valence-electron chi connectivity index (χ3n) is 3.74. The number of rotatable bonds is 7. The van der Waals surface area contributed by atoms with Gasteiger partial charge in [0.2, 0.25) is 0 Å². The molecule has 0 radical (unpaired) electrons. The number of hydrogen-bond acceptors (Lipinski definition) is 3. The molecule has 0 aromatic carbocycles. The van der Waals surface area contributed by atoms with E-state index in [9.17, 15) is 0 Å². The van der Waals surface area contributed by atoms with Gasteiger partial charge in [0.25, 0.3) is 0 Å². The standard InChI is InChI=1S/C15H24N2O/c1-16-13(9-10-15-6-4-12-18-15)7-8-14-5-2-3-11-17-14/h2-3,5,11,13,15-16H,4,6-10,12H2,1H3. The minimum Gasteiger partial charge on any atom is -0.378 e. The molecule has 1 aromatic heterocycles. The Labute approximate surface area is 110 Å². The first-order valence-electron chi connectivity index (χ1n) is 7.07. The Morgan fingerprint density at radius 3 is 3.06 bits per heavy atom. The van der Waals surface area contributed by atoms with Gasteiger partial charge in [0.1, 0.15) is 0 Å². The molecule has 0 amide bonds. The zero-order chi connectivity index (χ0) is 12.6. The average molecular weight is 248 g/mol. The normalized spacial score (nSPS) is 21.1. The summed E-state index contributed by atoms with van der Waals surface area (Å²) in [7, 11) is 2.05. The monoisotopic (exact) mass is 248 g/mol. The molecule has 0 aliphatic carbocycles. The van der Waals surface area contributed by atoms with Gasteiger partial charge in [-0.1, -0.05) is 6.07 Å². The van der Waals surface area contributed by atoms with Crippen LogP contribution in [-0.2, 0) is 11.2 Å². The molecular formula is C15H24N2O. The molecule has 2 unspecified atom stereocenters. The Morgan fingerprint density at radius 1 is 1.44 bits per heavy atom. The molecule has 1 fully saturated rings. The van der Waals surface area contributed by atoms with E-state index in [1.54, 1.807) is 0 Å². The molecule has 1 N–H and O–H groups in total. The fourth-order valence-electron chi connectivity index (χ4n) is 2.56. The molecular weight excluding hydrogens is 224 g/mol. The van der Waals surface area contributed by atoms with E-state index < -0.39 is 0 Å². The molecule has 1 aromatic rings. The Balaban J connectivity index is 1.68. The van der Waals surface area contributed by atoms with Crippen LogP contribution in [0.4, 0.5) is 0 Å². The first-order valence-corrected chi connectivity index (χ1v) is 7.07. The molecule has 1 aliphatic heterocycles. The summed E-state index contributed by atoms with van der Waals surface area (Å²) in [4.78, 5) is 4.37. The third kappa shape index (κ3) is 4.39. The summed E-state index contributed by atoms with van der Waals surface area (Å²) < 4.78 is 5.67. The quantitative estimate of drug-likeness (QED) is 0.805. The summed E-state index contributed by atoms with van der Waals surface area (Å²) in [6.07, 6.45) is 9.46. The number of aryl methyl sites for hydroxylation is 1. The second kappa shape index (κ2) is 7.49. The second-order valence-corrected chi connectivity index (χ2v) is 5.06. The predicted molar refractivity (Wildman–Crippen MR) is 73.6 cm³/mol. The highest BCUT2D eigenvalue weighted by Crippen LogP contribution is 2.18. The Morgan fingerprint density at radius 2 is 2.39 bits per heavy atom. The molecule has 18 heavy (non-hydrogen) atoms. The summed E-state index contributed by atoms with van der Waals surface area (Å²) in [6.45, 7) is 0.961. The number of hydrogen-bond donors (Lipinski definition) is 1. The summed E-state index contributed by atoms with van der Waals surface area (Å²) >= 11 is 0. The van der Waals surface area contributed by atoms with Crippen LogP contribution >= 0.6 is 0 Å². The lowest BCUT2D eigenvalue weighted by Gasteiger charge is -2.18. The summed E-state index contributed by atoms with van der Waals surface area (Å²) in [6, 6.07) is 6.71. The van der Waals surface area contributed by atoms with E-state index >= 15 is 0 Å². The van der Waals surface area contributed by atoms with Crippen molar-refractivity contribution >= 4 is 0 Å². The predicted octanol–water partition coefficient (Wildman–Crippen LogP) is 2.56. The van der Waals surface area contributed by atoms with Crippen LogP contribution in [0, 0.1) is 0 Å². The highest BCUT2D eigenvalue weighted by molar-refractivity contribution is 5.03. The lowest BCUT2D eigenvalue weighted by molar-refractivity contribution is 0.0995. The molecule has 1 aliphatic rings. The van der Waals surface area contributed by atoms with Gasteiger partial charge in [-0.2, -0.15) is 0 Å². The van der Waals surface area contributed by atoms with E-state index in [1.165, 1.54) is 31.4 Å². The fraction of sp³-hybridized carbons (Fsp3) is 0.667. The van der Waals surface area contributed by atoms with Crippen LogP contribution in [0.1, 0.15) is 37.8 Å². The van der Waals surface area contributed by atoms with Crippen molar-refractivity contribution in [1.82, 2.24) is 10.3 Å². The van der Waals surface area contributed by atoms with Crippen molar-refractivity contribution in [3.05, 3.63) is 30.1 Å². The van der Waals surface area contributed by atoms with Crippen molar-refractivity contribution in [2.45, 2.75) is 50.7 Å². The van der Waals surface area contributed by atoms with Crippen LogP contribution in [0.25, 0.3) is 0 Å². The van der Waals surface area contributed by atoms with Crippen LogP contribution in [0.3, 0.4) is 0 Å². The lowest BCUT2D eigenvalue weighted by atomic mass is 10.0. The molecule has 0 spiro atoms. The van der Waals surface area contributed by atoms with Crippen LogP contribution in [0.5, 0.6) is 0 Å². The fourth-order valence-corrected chi connectivity index (χ4v) is 2.56. The summed E-state index contributed by atoms with van der Waals surface area (Å²) in [5.41, 5.74) is 1.19. The minimum atomic E-state index is 0.510. The van der Waals surface area contributed by atoms with Crippen LogP contribution < -0.4 is 5.32 Å². The van der Waals surface area contributed by atoms with Gasteiger partial charge in [-0.05, 0) is 57.7 Å². The molecule has 2 heterocycles. The molecule has 1 saturated heterocycles. The molecule has 100 valence electrons.